The molecule has 0 bridgehead atoms. The Kier molecular flexibility index (Phi) is 4.05. The first-order chi connectivity index (χ1) is 11.5. The van der Waals surface area contributed by atoms with Gasteiger partial charge < -0.3 is 0 Å². The number of carbonyl (C=O) groups is 1. The highest BCUT2D eigenvalue weighted by Gasteiger charge is 2.20. The standard InChI is InChI=1S/C15H10ClN5O3/c1-9(22)10-5-6-13(14(8-10)21(23)24)20-18-15(17-19-20)11-3-2-4-12(16)7-11/h2-8H,1H3. The molecule has 0 N–H and O–H groups in total. The second kappa shape index (κ2) is 6.17. The van der Waals surface area contributed by atoms with E-state index in [2.05, 4.69) is 15.4 Å². The Morgan fingerprint density at radius 2 is 2.04 bits per heavy atom. The molecule has 3 rings (SSSR count). The van der Waals surface area contributed by atoms with Gasteiger partial charge in [-0.25, -0.2) is 0 Å². The van der Waals surface area contributed by atoms with Crippen molar-refractivity contribution in [2.75, 3.05) is 0 Å². The first kappa shape index (κ1) is 15.8. The normalized spacial score (nSPS) is 10.6. The van der Waals surface area contributed by atoms with Crippen LogP contribution in [0.15, 0.2) is 42.5 Å². The Morgan fingerprint density at radius 1 is 1.25 bits per heavy atom. The summed E-state index contributed by atoms with van der Waals surface area (Å²) < 4.78 is 0. The fourth-order valence-electron chi connectivity index (χ4n) is 2.12. The van der Waals surface area contributed by atoms with Crippen LogP contribution in [0.1, 0.15) is 17.3 Å². The van der Waals surface area contributed by atoms with Crippen molar-refractivity contribution in [3.8, 4) is 17.1 Å². The number of nitro groups is 1. The van der Waals surface area contributed by atoms with Crippen molar-refractivity contribution in [2.24, 2.45) is 0 Å². The molecule has 0 saturated heterocycles. The Labute approximate surface area is 140 Å². The molecule has 0 aliphatic carbocycles. The molecule has 1 aromatic heterocycles. The van der Waals surface area contributed by atoms with Crippen LogP contribution in [-0.2, 0) is 0 Å². The second-order valence-corrected chi connectivity index (χ2v) is 5.37. The number of tetrazole rings is 1. The molecule has 0 saturated carbocycles. The quantitative estimate of drug-likeness (QED) is 0.409. The zero-order chi connectivity index (χ0) is 17.3. The third-order valence-corrected chi connectivity index (χ3v) is 3.53. The van der Waals surface area contributed by atoms with E-state index >= 15 is 0 Å². The van der Waals surface area contributed by atoms with E-state index < -0.39 is 4.92 Å². The first-order valence-corrected chi connectivity index (χ1v) is 7.19. The summed E-state index contributed by atoms with van der Waals surface area (Å²) in [7, 11) is 0. The molecule has 24 heavy (non-hydrogen) atoms. The summed E-state index contributed by atoms with van der Waals surface area (Å²) in [4.78, 5) is 23.1. The van der Waals surface area contributed by atoms with Gasteiger partial charge >= 0.3 is 0 Å². The van der Waals surface area contributed by atoms with E-state index in [9.17, 15) is 14.9 Å². The van der Waals surface area contributed by atoms with Gasteiger partial charge in [-0.15, -0.1) is 15.0 Å². The SMILES string of the molecule is CC(=O)c1ccc(-n2nnc(-c3cccc(Cl)c3)n2)c([N+](=O)[O-])c1. The second-order valence-electron chi connectivity index (χ2n) is 4.93. The molecule has 8 nitrogen and oxygen atoms in total. The molecular weight excluding hydrogens is 334 g/mol. The molecule has 1 heterocycles. The average Bonchev–Trinajstić information content (AvgIpc) is 3.04. The van der Waals surface area contributed by atoms with Gasteiger partial charge in [-0.2, -0.15) is 0 Å². The summed E-state index contributed by atoms with van der Waals surface area (Å²) >= 11 is 5.93. The Balaban J connectivity index is 2.07. The zero-order valence-electron chi connectivity index (χ0n) is 12.4. The molecule has 0 aliphatic heterocycles. The summed E-state index contributed by atoms with van der Waals surface area (Å²) in [5.74, 6) is 0.0123. The number of aromatic nitrogens is 4. The van der Waals surface area contributed by atoms with Gasteiger partial charge in [0.25, 0.3) is 5.69 Å². The maximum atomic E-state index is 11.4. The lowest BCUT2D eigenvalue weighted by Gasteiger charge is -2.02. The van der Waals surface area contributed by atoms with Gasteiger partial charge in [0.15, 0.2) is 11.5 Å². The van der Waals surface area contributed by atoms with Crippen LogP contribution in [0.3, 0.4) is 0 Å². The number of Topliss-reactive ketones (excluding diaryl/α,β-unsaturated/α-hetero) is 1. The molecule has 2 aromatic carbocycles. The number of nitrogens with zero attached hydrogens (tertiary/aromatic N) is 5. The van der Waals surface area contributed by atoms with Gasteiger partial charge in [-0.3, -0.25) is 14.9 Å². The predicted octanol–water partition coefficient (Wildman–Crippen LogP) is 3.09. The molecule has 9 heteroatoms. The topological polar surface area (TPSA) is 104 Å². The largest absolute Gasteiger partial charge is 0.297 e. The van der Waals surface area contributed by atoms with Crippen molar-refractivity contribution in [3.05, 3.63) is 63.2 Å². The van der Waals surface area contributed by atoms with E-state index in [-0.39, 0.29) is 28.5 Å². The van der Waals surface area contributed by atoms with E-state index in [4.69, 9.17) is 11.6 Å². The molecule has 0 spiro atoms. The maximum absolute atomic E-state index is 11.4. The van der Waals surface area contributed by atoms with Gasteiger partial charge in [0.05, 0.1) is 4.92 Å². The molecule has 0 fully saturated rings. The summed E-state index contributed by atoms with van der Waals surface area (Å²) in [6.07, 6.45) is 0. The van der Waals surface area contributed by atoms with Gasteiger partial charge in [0.2, 0.25) is 5.82 Å². The number of benzene rings is 2. The number of ketones is 1. The highest BCUT2D eigenvalue weighted by molar-refractivity contribution is 6.30. The minimum Gasteiger partial charge on any atom is -0.295 e. The molecular formula is C15H10ClN5O3. The van der Waals surface area contributed by atoms with Crippen LogP contribution in [0.25, 0.3) is 17.1 Å². The number of rotatable bonds is 4. The third-order valence-electron chi connectivity index (χ3n) is 3.29. The van der Waals surface area contributed by atoms with Crippen LogP contribution >= 0.6 is 11.6 Å². The minimum atomic E-state index is -0.593. The smallest absolute Gasteiger partial charge is 0.295 e. The molecule has 0 aliphatic rings. The number of carbonyl (C=O) groups excluding carboxylic acids is 1. The number of hydrogen-bond acceptors (Lipinski definition) is 6. The van der Waals surface area contributed by atoms with Crippen LogP contribution in [0, 0.1) is 10.1 Å². The number of hydrogen-bond donors (Lipinski definition) is 0. The van der Waals surface area contributed by atoms with Gasteiger partial charge in [0.1, 0.15) is 0 Å². The lowest BCUT2D eigenvalue weighted by atomic mass is 10.1. The van der Waals surface area contributed by atoms with Crippen LogP contribution in [0.4, 0.5) is 5.69 Å². The average molecular weight is 344 g/mol. The van der Waals surface area contributed by atoms with Crippen molar-refractivity contribution in [3.63, 3.8) is 0 Å². The Hall–Kier alpha value is -3.13. The van der Waals surface area contributed by atoms with Crippen LogP contribution in [-0.4, -0.2) is 30.9 Å². The molecule has 0 atom stereocenters. The minimum absolute atomic E-state index is 0.116. The highest BCUT2D eigenvalue weighted by Crippen LogP contribution is 2.25. The number of halogens is 1. The third kappa shape index (κ3) is 2.99. The van der Waals surface area contributed by atoms with Gasteiger partial charge in [-0.05, 0) is 36.4 Å². The predicted molar refractivity (Wildman–Crippen MR) is 86.3 cm³/mol. The number of nitro benzene ring substituents is 1. The Morgan fingerprint density at radius 3 is 2.71 bits per heavy atom. The molecule has 0 radical (unpaired) electrons. The lowest BCUT2D eigenvalue weighted by Crippen LogP contribution is -2.05. The fraction of sp³-hybridized carbons (Fsp3) is 0.0667. The van der Waals surface area contributed by atoms with Gasteiger partial charge in [-0.1, -0.05) is 23.7 Å². The molecule has 0 unspecified atom stereocenters. The van der Waals surface area contributed by atoms with E-state index in [1.54, 1.807) is 24.3 Å². The lowest BCUT2D eigenvalue weighted by molar-refractivity contribution is -0.384. The zero-order valence-corrected chi connectivity index (χ0v) is 13.1. The monoisotopic (exact) mass is 343 g/mol. The fourth-order valence-corrected chi connectivity index (χ4v) is 2.31. The van der Waals surface area contributed by atoms with Crippen molar-refractivity contribution < 1.29 is 9.72 Å². The van der Waals surface area contributed by atoms with E-state index in [0.717, 1.165) is 4.80 Å². The first-order valence-electron chi connectivity index (χ1n) is 6.81. The van der Waals surface area contributed by atoms with E-state index in [0.29, 0.717) is 10.6 Å². The summed E-state index contributed by atoms with van der Waals surface area (Å²) in [6.45, 7) is 1.34. The van der Waals surface area contributed by atoms with Crippen LogP contribution in [0.2, 0.25) is 5.02 Å². The van der Waals surface area contributed by atoms with Crippen molar-refractivity contribution >= 4 is 23.1 Å². The van der Waals surface area contributed by atoms with Crippen molar-refractivity contribution in [2.45, 2.75) is 6.92 Å². The summed E-state index contributed by atoms with van der Waals surface area (Å²) in [5.41, 5.74) is 0.709. The van der Waals surface area contributed by atoms with Crippen molar-refractivity contribution in [1.82, 2.24) is 20.2 Å². The maximum Gasteiger partial charge on any atom is 0.297 e. The summed E-state index contributed by atoms with van der Waals surface area (Å²) in [6, 6.07) is 10.9. The molecule has 3 aromatic rings. The molecule has 120 valence electrons. The summed E-state index contributed by atoms with van der Waals surface area (Å²) in [5, 5.41) is 23.7. The van der Waals surface area contributed by atoms with Crippen LogP contribution < -0.4 is 0 Å². The van der Waals surface area contributed by atoms with E-state index in [1.165, 1.54) is 25.1 Å². The van der Waals surface area contributed by atoms with E-state index in [1.807, 2.05) is 0 Å². The Bertz CT molecular complexity index is 954. The highest BCUT2D eigenvalue weighted by atomic mass is 35.5. The van der Waals surface area contributed by atoms with Gasteiger partial charge in [0, 0.05) is 22.2 Å². The molecule has 0 amide bonds. The van der Waals surface area contributed by atoms with Crippen molar-refractivity contribution in [1.29, 1.82) is 0 Å². The van der Waals surface area contributed by atoms with Crippen LogP contribution in [0.5, 0.6) is 0 Å².